The summed E-state index contributed by atoms with van der Waals surface area (Å²) in [4.78, 5) is 26.2. The minimum atomic E-state index is -4.59. The third-order valence-electron chi connectivity index (χ3n) is 2.76. The number of aromatic carboxylic acids is 1. The summed E-state index contributed by atoms with van der Waals surface area (Å²) in [5.74, 6) is -2.35. The van der Waals surface area contributed by atoms with Gasteiger partial charge in [0.05, 0.1) is 0 Å². The van der Waals surface area contributed by atoms with E-state index in [4.69, 9.17) is 5.11 Å². The molecule has 0 saturated heterocycles. The molecule has 2 N–H and O–H groups in total. The van der Waals surface area contributed by atoms with Crippen molar-refractivity contribution in [1.82, 2.24) is 10.3 Å². The Balaban J connectivity index is 2.96. The number of halogens is 3. The molecule has 1 unspecified atom stereocenters. The first kappa shape index (κ1) is 17.9. The summed E-state index contributed by atoms with van der Waals surface area (Å²) in [6.45, 7) is 4.90. The molecular weight excluding hydrogens is 301 g/mol. The number of alkyl halides is 3. The van der Waals surface area contributed by atoms with Gasteiger partial charge in [-0.05, 0) is 24.0 Å². The van der Waals surface area contributed by atoms with E-state index in [0.717, 1.165) is 18.3 Å². The molecule has 1 aromatic heterocycles. The van der Waals surface area contributed by atoms with Crippen molar-refractivity contribution in [3.8, 4) is 0 Å². The van der Waals surface area contributed by atoms with Crippen LogP contribution in [-0.4, -0.2) is 34.2 Å². The maximum atomic E-state index is 13.0. The lowest BCUT2D eigenvalue weighted by atomic mass is 9.87. The molecule has 0 spiro atoms. The summed E-state index contributed by atoms with van der Waals surface area (Å²) in [6.07, 6.45) is -3.82. The molecule has 0 aliphatic carbocycles. The zero-order valence-corrected chi connectivity index (χ0v) is 12.4. The van der Waals surface area contributed by atoms with Crippen LogP contribution in [0.5, 0.6) is 0 Å². The number of rotatable bonds is 4. The van der Waals surface area contributed by atoms with E-state index in [-0.39, 0.29) is 12.0 Å². The largest absolute Gasteiger partial charge is 0.477 e. The molecule has 0 radical (unpaired) electrons. The van der Waals surface area contributed by atoms with Crippen molar-refractivity contribution in [2.75, 3.05) is 0 Å². The lowest BCUT2D eigenvalue weighted by Crippen LogP contribution is -2.47. The van der Waals surface area contributed by atoms with Crippen LogP contribution in [0.25, 0.3) is 0 Å². The van der Waals surface area contributed by atoms with E-state index >= 15 is 0 Å². The Bertz CT molecular complexity index is 565. The smallest absolute Gasteiger partial charge is 0.408 e. The molecule has 8 heteroatoms. The Labute approximate surface area is 125 Å². The van der Waals surface area contributed by atoms with Crippen molar-refractivity contribution in [1.29, 1.82) is 0 Å². The molecule has 0 aromatic carbocycles. The summed E-state index contributed by atoms with van der Waals surface area (Å²) in [5.41, 5.74) is -1.24. The van der Waals surface area contributed by atoms with Gasteiger partial charge in [0.2, 0.25) is 0 Å². The first-order valence-electron chi connectivity index (χ1n) is 6.47. The van der Waals surface area contributed by atoms with Gasteiger partial charge in [0, 0.05) is 11.8 Å². The van der Waals surface area contributed by atoms with E-state index in [1.54, 1.807) is 20.8 Å². The predicted octanol–water partition coefficient (Wildman–Crippen LogP) is 2.88. The topological polar surface area (TPSA) is 79.3 Å². The number of amides is 1. The third-order valence-corrected chi connectivity index (χ3v) is 2.76. The van der Waals surface area contributed by atoms with E-state index < -0.39 is 35.2 Å². The van der Waals surface area contributed by atoms with Gasteiger partial charge in [-0.25, -0.2) is 9.78 Å². The van der Waals surface area contributed by atoms with Crippen molar-refractivity contribution < 1.29 is 27.9 Å². The van der Waals surface area contributed by atoms with Gasteiger partial charge in [0.25, 0.3) is 5.91 Å². The molecule has 1 aromatic rings. The van der Waals surface area contributed by atoms with Crippen LogP contribution >= 0.6 is 0 Å². The second-order valence-electron chi connectivity index (χ2n) is 6.07. The second kappa shape index (κ2) is 6.33. The lowest BCUT2D eigenvalue weighted by Gasteiger charge is -2.28. The Morgan fingerprint density at radius 2 is 1.91 bits per heavy atom. The number of carboxylic acid groups (broad SMARTS) is 1. The van der Waals surface area contributed by atoms with Gasteiger partial charge in [-0.15, -0.1) is 0 Å². The van der Waals surface area contributed by atoms with Gasteiger partial charge in [0.15, 0.2) is 0 Å². The quantitative estimate of drug-likeness (QED) is 0.894. The number of carbonyl (C=O) groups is 2. The summed E-state index contributed by atoms with van der Waals surface area (Å²) in [7, 11) is 0. The fourth-order valence-corrected chi connectivity index (χ4v) is 1.79. The molecule has 0 fully saturated rings. The number of hydrogen-bond acceptors (Lipinski definition) is 3. The van der Waals surface area contributed by atoms with Crippen LogP contribution in [0, 0.1) is 5.41 Å². The molecule has 0 saturated carbocycles. The van der Waals surface area contributed by atoms with Crippen LogP contribution in [0.2, 0.25) is 0 Å². The summed E-state index contributed by atoms with van der Waals surface area (Å²) >= 11 is 0. The molecule has 0 aliphatic heterocycles. The first-order chi connectivity index (χ1) is 9.90. The number of hydrogen-bond donors (Lipinski definition) is 2. The Hall–Kier alpha value is -2.12. The van der Waals surface area contributed by atoms with Gasteiger partial charge in [-0.1, -0.05) is 20.8 Å². The zero-order valence-electron chi connectivity index (χ0n) is 12.4. The van der Waals surface area contributed by atoms with E-state index in [1.807, 2.05) is 5.32 Å². The Morgan fingerprint density at radius 1 is 1.32 bits per heavy atom. The van der Waals surface area contributed by atoms with Gasteiger partial charge in [0.1, 0.15) is 11.7 Å². The minimum absolute atomic E-state index is 0.185. The van der Waals surface area contributed by atoms with E-state index in [1.165, 1.54) is 0 Å². The van der Waals surface area contributed by atoms with E-state index in [9.17, 15) is 22.8 Å². The average Bonchev–Trinajstić information content (AvgIpc) is 2.35. The van der Waals surface area contributed by atoms with Crippen LogP contribution < -0.4 is 5.32 Å². The molecule has 1 amide bonds. The molecule has 5 nitrogen and oxygen atoms in total. The molecule has 1 atom stereocenters. The molecule has 22 heavy (non-hydrogen) atoms. The van der Waals surface area contributed by atoms with Crippen molar-refractivity contribution in [3.05, 3.63) is 29.6 Å². The predicted molar refractivity (Wildman–Crippen MR) is 72.6 cm³/mol. The normalized spacial score (nSPS) is 13.5. The molecule has 0 aliphatic rings. The standard InChI is InChI=1S/C14H17F3N2O3/c1-13(2,3)7-10(14(15,16)17)19-11(20)8-4-5-18-9(6-8)12(21)22/h4-6,10H,7H2,1-3H3,(H,19,20)(H,21,22). The van der Waals surface area contributed by atoms with Crippen LogP contribution in [0.3, 0.4) is 0 Å². The highest BCUT2D eigenvalue weighted by atomic mass is 19.4. The SMILES string of the molecule is CC(C)(C)CC(NC(=O)c1ccnc(C(=O)O)c1)C(F)(F)F. The van der Waals surface area contributed by atoms with Crippen LogP contribution in [0.15, 0.2) is 18.3 Å². The molecule has 122 valence electrons. The summed E-state index contributed by atoms with van der Waals surface area (Å²) < 4.78 is 39.0. The van der Waals surface area contributed by atoms with E-state index in [2.05, 4.69) is 4.98 Å². The Morgan fingerprint density at radius 3 is 2.36 bits per heavy atom. The van der Waals surface area contributed by atoms with E-state index in [0.29, 0.717) is 0 Å². The van der Waals surface area contributed by atoms with Gasteiger partial charge < -0.3 is 10.4 Å². The zero-order chi connectivity index (χ0) is 17.1. The first-order valence-corrected chi connectivity index (χ1v) is 6.47. The number of carbonyl (C=O) groups excluding carboxylic acids is 1. The number of nitrogens with zero attached hydrogens (tertiary/aromatic N) is 1. The van der Waals surface area contributed by atoms with Crippen LogP contribution in [-0.2, 0) is 0 Å². The van der Waals surface area contributed by atoms with Crippen molar-refractivity contribution >= 4 is 11.9 Å². The fraction of sp³-hybridized carbons (Fsp3) is 0.500. The lowest BCUT2D eigenvalue weighted by molar-refractivity contribution is -0.159. The van der Waals surface area contributed by atoms with Gasteiger partial charge in [-0.2, -0.15) is 13.2 Å². The van der Waals surface area contributed by atoms with Gasteiger partial charge in [-0.3, -0.25) is 4.79 Å². The molecule has 1 heterocycles. The van der Waals surface area contributed by atoms with Crippen molar-refractivity contribution in [3.63, 3.8) is 0 Å². The monoisotopic (exact) mass is 318 g/mol. The maximum Gasteiger partial charge on any atom is 0.408 e. The van der Waals surface area contributed by atoms with Gasteiger partial charge >= 0.3 is 12.1 Å². The number of pyridine rings is 1. The Kier molecular flexibility index (Phi) is 5.16. The molecule has 0 bridgehead atoms. The highest BCUT2D eigenvalue weighted by Crippen LogP contribution is 2.30. The maximum absolute atomic E-state index is 13.0. The van der Waals surface area contributed by atoms with Crippen molar-refractivity contribution in [2.45, 2.75) is 39.4 Å². The highest BCUT2D eigenvalue weighted by Gasteiger charge is 2.42. The molecule has 1 rings (SSSR count). The molecular formula is C14H17F3N2O3. The fourth-order valence-electron chi connectivity index (χ4n) is 1.79. The number of aromatic nitrogens is 1. The third kappa shape index (κ3) is 5.34. The number of nitrogens with one attached hydrogen (secondary N) is 1. The van der Waals surface area contributed by atoms with Crippen LogP contribution in [0.1, 0.15) is 48.0 Å². The second-order valence-corrected chi connectivity index (χ2v) is 6.07. The summed E-state index contributed by atoms with van der Waals surface area (Å²) in [6, 6.07) is 0.0792. The average molecular weight is 318 g/mol. The van der Waals surface area contributed by atoms with Crippen LogP contribution in [0.4, 0.5) is 13.2 Å². The highest BCUT2D eigenvalue weighted by molar-refractivity contribution is 5.96. The van der Waals surface area contributed by atoms with Crippen molar-refractivity contribution in [2.24, 2.45) is 5.41 Å². The minimum Gasteiger partial charge on any atom is -0.477 e. The number of carboxylic acids is 1. The summed E-state index contributed by atoms with van der Waals surface area (Å²) in [5, 5.41) is 10.7.